The van der Waals surface area contributed by atoms with Gasteiger partial charge in [-0.25, -0.2) is 0 Å². The van der Waals surface area contributed by atoms with Crippen LogP contribution in [0.3, 0.4) is 0 Å². The molecule has 0 radical (unpaired) electrons. The highest BCUT2D eigenvalue weighted by Gasteiger charge is 2.45. The van der Waals surface area contributed by atoms with Crippen molar-refractivity contribution in [1.29, 1.82) is 0 Å². The van der Waals surface area contributed by atoms with Crippen LogP contribution in [0.2, 0.25) is 0 Å². The molecule has 1 aromatic rings. The zero-order valence-electron chi connectivity index (χ0n) is 9.64. The van der Waals surface area contributed by atoms with Gasteiger partial charge in [0, 0.05) is 0 Å². The van der Waals surface area contributed by atoms with Gasteiger partial charge in [-0.1, -0.05) is 6.07 Å². The summed E-state index contributed by atoms with van der Waals surface area (Å²) < 4.78 is 15.6. The Morgan fingerprint density at radius 2 is 2.24 bits per heavy atom. The topological polar surface area (TPSA) is 44.8 Å². The number of esters is 1. The number of ether oxygens (including phenoxy) is 3. The maximum Gasteiger partial charge on any atom is 0.309 e. The molecule has 4 nitrogen and oxygen atoms in total. The first-order valence-electron chi connectivity index (χ1n) is 5.85. The van der Waals surface area contributed by atoms with Crippen LogP contribution < -0.4 is 9.47 Å². The Labute approximate surface area is 99.5 Å². The van der Waals surface area contributed by atoms with Crippen molar-refractivity contribution in [3.8, 4) is 11.5 Å². The highest BCUT2D eigenvalue weighted by molar-refractivity contribution is 5.77. The number of fused-ring (bicyclic) bond motifs is 1. The molecule has 1 aliphatic carbocycles. The molecule has 1 fully saturated rings. The molecule has 2 atom stereocenters. The van der Waals surface area contributed by atoms with E-state index in [1.54, 1.807) is 0 Å². The SMILES string of the molecule is CCOC(=O)[C@@H]1C[C@H]1c1ccc2c(c1)OCO2. The quantitative estimate of drug-likeness (QED) is 0.751. The molecule has 90 valence electrons. The first-order valence-corrected chi connectivity index (χ1v) is 5.85. The molecule has 0 N–H and O–H groups in total. The lowest BCUT2D eigenvalue weighted by Gasteiger charge is -2.03. The average molecular weight is 234 g/mol. The Morgan fingerprint density at radius 1 is 1.41 bits per heavy atom. The van der Waals surface area contributed by atoms with E-state index in [4.69, 9.17) is 14.2 Å². The molecule has 17 heavy (non-hydrogen) atoms. The van der Waals surface area contributed by atoms with Gasteiger partial charge < -0.3 is 14.2 Å². The third kappa shape index (κ3) is 1.84. The van der Waals surface area contributed by atoms with Crippen LogP contribution in [0.5, 0.6) is 11.5 Å². The lowest BCUT2D eigenvalue weighted by atomic mass is 10.1. The molecule has 4 heteroatoms. The molecule has 0 amide bonds. The van der Waals surface area contributed by atoms with Gasteiger partial charge in [-0.05, 0) is 37.0 Å². The lowest BCUT2D eigenvalue weighted by molar-refractivity contribution is -0.144. The van der Waals surface area contributed by atoms with Crippen molar-refractivity contribution < 1.29 is 19.0 Å². The number of carbonyl (C=O) groups excluding carboxylic acids is 1. The van der Waals surface area contributed by atoms with Gasteiger partial charge in [0.05, 0.1) is 12.5 Å². The van der Waals surface area contributed by atoms with Crippen molar-refractivity contribution in [2.75, 3.05) is 13.4 Å². The summed E-state index contributed by atoms with van der Waals surface area (Å²) in [6.07, 6.45) is 0.873. The monoisotopic (exact) mass is 234 g/mol. The average Bonchev–Trinajstić information content (AvgIpc) is 3.00. The minimum absolute atomic E-state index is 0.0234. The van der Waals surface area contributed by atoms with Crippen LogP contribution >= 0.6 is 0 Å². The van der Waals surface area contributed by atoms with Crippen LogP contribution in [0.4, 0.5) is 0 Å². The minimum Gasteiger partial charge on any atom is -0.466 e. The van der Waals surface area contributed by atoms with Crippen LogP contribution in [-0.4, -0.2) is 19.4 Å². The van der Waals surface area contributed by atoms with E-state index in [0.717, 1.165) is 23.5 Å². The van der Waals surface area contributed by atoms with Crippen molar-refractivity contribution in [3.05, 3.63) is 23.8 Å². The van der Waals surface area contributed by atoms with Crippen LogP contribution in [0.1, 0.15) is 24.8 Å². The molecule has 0 saturated heterocycles. The molecule has 0 aromatic heterocycles. The fourth-order valence-corrected chi connectivity index (χ4v) is 2.22. The van der Waals surface area contributed by atoms with Crippen LogP contribution in [0, 0.1) is 5.92 Å². The number of benzene rings is 1. The molecular formula is C13H14O4. The van der Waals surface area contributed by atoms with Gasteiger partial charge in [0.15, 0.2) is 11.5 Å². The van der Waals surface area contributed by atoms with Crippen molar-refractivity contribution in [3.63, 3.8) is 0 Å². The Morgan fingerprint density at radius 3 is 3.06 bits per heavy atom. The van der Waals surface area contributed by atoms with E-state index in [-0.39, 0.29) is 24.6 Å². The molecule has 3 rings (SSSR count). The molecule has 1 aliphatic heterocycles. The number of carbonyl (C=O) groups is 1. The van der Waals surface area contributed by atoms with Gasteiger partial charge in [0.25, 0.3) is 0 Å². The Balaban J connectivity index is 1.73. The third-order valence-electron chi connectivity index (χ3n) is 3.20. The van der Waals surface area contributed by atoms with Crippen LogP contribution in [-0.2, 0) is 9.53 Å². The smallest absolute Gasteiger partial charge is 0.309 e. The predicted octanol–water partition coefficient (Wildman–Crippen LogP) is 2.08. The Kier molecular flexibility index (Phi) is 2.42. The van der Waals surface area contributed by atoms with E-state index in [2.05, 4.69) is 0 Å². The highest BCUT2D eigenvalue weighted by Crippen LogP contribution is 2.50. The summed E-state index contributed by atoms with van der Waals surface area (Å²) in [7, 11) is 0. The summed E-state index contributed by atoms with van der Waals surface area (Å²) in [5, 5.41) is 0. The van der Waals surface area contributed by atoms with Crippen molar-refractivity contribution in [2.24, 2.45) is 5.92 Å². The molecule has 0 unspecified atom stereocenters. The van der Waals surface area contributed by atoms with Crippen LogP contribution in [0.25, 0.3) is 0 Å². The molecule has 0 spiro atoms. The van der Waals surface area contributed by atoms with Crippen LogP contribution in [0.15, 0.2) is 18.2 Å². The Bertz CT molecular complexity index is 455. The van der Waals surface area contributed by atoms with Gasteiger partial charge in [-0.15, -0.1) is 0 Å². The molecule has 1 saturated carbocycles. The fourth-order valence-electron chi connectivity index (χ4n) is 2.22. The first-order chi connectivity index (χ1) is 8.29. The number of hydrogen-bond acceptors (Lipinski definition) is 4. The first kappa shape index (κ1) is 10.4. The minimum atomic E-state index is -0.0878. The standard InChI is InChI=1S/C13H14O4/c1-2-15-13(14)10-6-9(10)8-3-4-11-12(5-8)17-7-16-11/h3-5,9-10H,2,6-7H2,1H3/t9-,10+/m0/s1. The second-order valence-corrected chi connectivity index (χ2v) is 4.31. The van der Waals surface area contributed by atoms with Gasteiger partial charge in [-0.3, -0.25) is 4.79 Å². The summed E-state index contributed by atoms with van der Waals surface area (Å²) in [5.41, 5.74) is 1.13. The summed E-state index contributed by atoms with van der Waals surface area (Å²) in [4.78, 5) is 11.5. The van der Waals surface area contributed by atoms with E-state index in [9.17, 15) is 4.79 Å². The van der Waals surface area contributed by atoms with Crippen molar-refractivity contribution in [2.45, 2.75) is 19.3 Å². The third-order valence-corrected chi connectivity index (χ3v) is 3.20. The summed E-state index contributed by atoms with van der Waals surface area (Å²) >= 11 is 0. The summed E-state index contributed by atoms with van der Waals surface area (Å²) in [6, 6.07) is 5.86. The normalized spacial score (nSPS) is 24.5. The van der Waals surface area contributed by atoms with E-state index < -0.39 is 0 Å². The lowest BCUT2D eigenvalue weighted by Crippen LogP contribution is -2.07. The number of rotatable bonds is 3. The maximum atomic E-state index is 11.5. The molecular weight excluding hydrogens is 220 g/mol. The number of hydrogen-bond donors (Lipinski definition) is 0. The van der Waals surface area contributed by atoms with E-state index >= 15 is 0 Å². The summed E-state index contributed by atoms with van der Waals surface area (Å²) in [6.45, 7) is 2.56. The molecule has 1 aromatic carbocycles. The highest BCUT2D eigenvalue weighted by atomic mass is 16.7. The van der Waals surface area contributed by atoms with Gasteiger partial charge in [-0.2, -0.15) is 0 Å². The van der Waals surface area contributed by atoms with E-state index in [1.807, 2.05) is 25.1 Å². The molecule has 0 bridgehead atoms. The van der Waals surface area contributed by atoms with Gasteiger partial charge in [0.1, 0.15) is 0 Å². The second kappa shape index (κ2) is 3.95. The zero-order chi connectivity index (χ0) is 11.8. The van der Waals surface area contributed by atoms with Gasteiger partial charge in [0.2, 0.25) is 6.79 Å². The fraction of sp³-hybridized carbons (Fsp3) is 0.462. The molecule has 2 aliphatic rings. The summed E-state index contributed by atoms with van der Waals surface area (Å²) in [5.74, 6) is 1.77. The van der Waals surface area contributed by atoms with Crippen molar-refractivity contribution >= 4 is 5.97 Å². The second-order valence-electron chi connectivity index (χ2n) is 4.31. The largest absolute Gasteiger partial charge is 0.466 e. The van der Waals surface area contributed by atoms with E-state index in [0.29, 0.717) is 6.61 Å². The van der Waals surface area contributed by atoms with E-state index in [1.165, 1.54) is 0 Å². The predicted molar refractivity (Wildman–Crippen MR) is 60.0 cm³/mol. The Hall–Kier alpha value is -1.71. The van der Waals surface area contributed by atoms with Gasteiger partial charge >= 0.3 is 5.97 Å². The zero-order valence-corrected chi connectivity index (χ0v) is 9.64. The van der Waals surface area contributed by atoms with Crippen molar-refractivity contribution in [1.82, 2.24) is 0 Å². The molecule has 1 heterocycles. The maximum absolute atomic E-state index is 11.5.